The molecule has 0 unspecified atom stereocenters. The third kappa shape index (κ3) is 9.56. The first-order valence-electron chi connectivity index (χ1n) is 12.7. The zero-order chi connectivity index (χ0) is 31.6. The molecule has 0 bridgehead atoms. The summed E-state index contributed by atoms with van der Waals surface area (Å²) < 4.78 is 0. The molecule has 6 amide bonds. The number of hydrogen-bond acceptors (Lipinski definition) is 9. The van der Waals surface area contributed by atoms with Crippen molar-refractivity contribution in [2.24, 2.45) is 17.2 Å². The van der Waals surface area contributed by atoms with Gasteiger partial charge in [-0.2, -0.15) is 0 Å². The van der Waals surface area contributed by atoms with Crippen LogP contribution in [0.1, 0.15) is 25.3 Å². The van der Waals surface area contributed by atoms with Gasteiger partial charge in [-0.15, -0.1) is 0 Å². The third-order valence-corrected chi connectivity index (χ3v) is 6.02. The number of primary amides is 2. The van der Waals surface area contributed by atoms with Crippen molar-refractivity contribution in [3.63, 3.8) is 0 Å². The Balaban J connectivity index is 2.40. The summed E-state index contributed by atoms with van der Waals surface area (Å²) in [5.41, 5.74) is 17.2. The van der Waals surface area contributed by atoms with Crippen molar-refractivity contribution in [3.8, 4) is 0 Å². The summed E-state index contributed by atoms with van der Waals surface area (Å²) in [7, 11) is 0. The van der Waals surface area contributed by atoms with Crippen LogP contribution in [-0.2, 0) is 40.0 Å². The Hall–Kier alpha value is -5.03. The zero-order valence-electron chi connectivity index (χ0n) is 22.6. The number of para-hydroxylation sites is 1. The number of amides is 6. The van der Waals surface area contributed by atoms with Crippen LogP contribution in [-0.4, -0.2) is 93.4 Å². The SMILES string of the molecule is C[C@@H](N)C(=O)N[C@@H](CC(N)=O)C(=O)N[C@@H](Cc1c[nH]c2ccccc12)C(=O)N[C@@H](CC(N)=O)C(=O)N[C@H](CO)C(=O)O. The number of aliphatic hydroxyl groups is 1. The van der Waals surface area contributed by atoms with Gasteiger partial charge in [0.05, 0.1) is 25.5 Å². The minimum Gasteiger partial charge on any atom is -0.480 e. The summed E-state index contributed by atoms with van der Waals surface area (Å²) in [5.74, 6) is -7.43. The molecule has 17 heteroatoms. The largest absolute Gasteiger partial charge is 0.480 e. The lowest BCUT2D eigenvalue weighted by molar-refractivity contribution is -0.143. The number of nitrogens with two attached hydrogens (primary N) is 3. The maximum absolute atomic E-state index is 13.5. The van der Waals surface area contributed by atoms with E-state index in [4.69, 9.17) is 22.3 Å². The summed E-state index contributed by atoms with van der Waals surface area (Å²) >= 11 is 0. The molecule has 1 aromatic carbocycles. The smallest absolute Gasteiger partial charge is 0.328 e. The van der Waals surface area contributed by atoms with Gasteiger partial charge in [-0.25, -0.2) is 4.79 Å². The topological polar surface area (TPSA) is 302 Å². The number of aromatic amines is 1. The fraction of sp³-hybridized carbons (Fsp3) is 0.400. The number of carbonyl (C=O) groups is 7. The zero-order valence-corrected chi connectivity index (χ0v) is 22.6. The van der Waals surface area contributed by atoms with E-state index in [9.17, 15) is 38.7 Å². The highest BCUT2D eigenvalue weighted by molar-refractivity contribution is 5.98. The van der Waals surface area contributed by atoms with Gasteiger partial charge in [0.25, 0.3) is 0 Å². The average Bonchev–Trinajstić information content (AvgIpc) is 3.32. The number of aromatic nitrogens is 1. The molecule has 0 aliphatic rings. The molecule has 42 heavy (non-hydrogen) atoms. The number of aliphatic carboxylic acids is 1. The van der Waals surface area contributed by atoms with Gasteiger partial charge in [-0.05, 0) is 18.6 Å². The number of aliphatic hydroxyl groups excluding tert-OH is 1. The summed E-state index contributed by atoms with van der Waals surface area (Å²) in [6.45, 7) is 0.364. The van der Waals surface area contributed by atoms with Crippen molar-refractivity contribution in [2.45, 2.75) is 56.4 Å². The molecular weight excluding hydrogens is 556 g/mol. The highest BCUT2D eigenvalue weighted by atomic mass is 16.4. The van der Waals surface area contributed by atoms with Gasteiger partial charge in [0.2, 0.25) is 35.4 Å². The van der Waals surface area contributed by atoms with E-state index in [1.165, 1.54) is 6.92 Å². The molecule has 0 saturated heterocycles. The minimum atomic E-state index is -1.74. The first-order chi connectivity index (χ1) is 19.7. The van der Waals surface area contributed by atoms with Crippen LogP contribution in [0.4, 0.5) is 0 Å². The summed E-state index contributed by atoms with van der Waals surface area (Å²) in [6, 6.07) is -0.409. The molecule has 1 heterocycles. The van der Waals surface area contributed by atoms with Crippen molar-refractivity contribution in [3.05, 3.63) is 36.0 Å². The molecule has 17 nitrogen and oxygen atoms in total. The highest BCUT2D eigenvalue weighted by Gasteiger charge is 2.33. The summed E-state index contributed by atoms with van der Waals surface area (Å²) in [6.07, 6.45) is 0.0294. The van der Waals surface area contributed by atoms with E-state index in [1.54, 1.807) is 30.5 Å². The summed E-state index contributed by atoms with van der Waals surface area (Å²) in [5, 5.41) is 28.0. The van der Waals surface area contributed by atoms with Gasteiger partial charge < -0.3 is 53.7 Å². The second kappa shape index (κ2) is 15.1. The number of carbonyl (C=O) groups excluding carboxylic acids is 6. The van der Waals surface area contributed by atoms with Gasteiger partial charge in [0.1, 0.15) is 24.2 Å². The first kappa shape index (κ1) is 33.2. The van der Waals surface area contributed by atoms with E-state index >= 15 is 0 Å². The normalized spacial score (nSPS) is 14.5. The molecular formula is C25H34N8O9. The van der Waals surface area contributed by atoms with Crippen LogP contribution >= 0.6 is 0 Å². The lowest BCUT2D eigenvalue weighted by atomic mass is 10.0. The second-order valence-electron chi connectivity index (χ2n) is 9.46. The molecule has 2 rings (SSSR count). The molecule has 228 valence electrons. The van der Waals surface area contributed by atoms with E-state index in [2.05, 4.69) is 20.9 Å². The number of H-pyrrole nitrogens is 1. The monoisotopic (exact) mass is 590 g/mol. The van der Waals surface area contributed by atoms with Gasteiger partial charge in [-0.1, -0.05) is 18.2 Å². The minimum absolute atomic E-state index is 0.175. The van der Waals surface area contributed by atoms with Gasteiger partial charge >= 0.3 is 5.97 Å². The first-order valence-corrected chi connectivity index (χ1v) is 12.7. The molecule has 13 N–H and O–H groups in total. The Morgan fingerprint density at radius 2 is 1.26 bits per heavy atom. The number of fused-ring (bicyclic) bond motifs is 1. The van der Waals surface area contributed by atoms with E-state index < -0.39 is 91.1 Å². The fourth-order valence-electron chi connectivity index (χ4n) is 3.86. The van der Waals surface area contributed by atoms with Crippen LogP contribution in [0.5, 0.6) is 0 Å². The van der Waals surface area contributed by atoms with Gasteiger partial charge in [0.15, 0.2) is 0 Å². The van der Waals surface area contributed by atoms with Crippen molar-refractivity contribution >= 4 is 52.3 Å². The van der Waals surface area contributed by atoms with Crippen molar-refractivity contribution in [1.29, 1.82) is 0 Å². The fourth-order valence-corrected chi connectivity index (χ4v) is 3.86. The molecule has 0 aliphatic heterocycles. The van der Waals surface area contributed by atoms with Crippen LogP contribution in [0, 0.1) is 0 Å². The van der Waals surface area contributed by atoms with E-state index in [-0.39, 0.29) is 6.42 Å². The van der Waals surface area contributed by atoms with Crippen LogP contribution in [0.3, 0.4) is 0 Å². The van der Waals surface area contributed by atoms with Crippen molar-refractivity contribution < 1.29 is 43.8 Å². The maximum atomic E-state index is 13.5. The van der Waals surface area contributed by atoms with Crippen LogP contribution in [0.15, 0.2) is 30.5 Å². The van der Waals surface area contributed by atoms with Gasteiger partial charge in [-0.3, -0.25) is 28.8 Å². The number of benzene rings is 1. The highest BCUT2D eigenvalue weighted by Crippen LogP contribution is 2.19. The Morgan fingerprint density at radius 1 is 0.786 bits per heavy atom. The molecule has 0 radical (unpaired) electrons. The predicted octanol–water partition coefficient (Wildman–Crippen LogP) is -4.18. The molecule has 0 saturated carbocycles. The average molecular weight is 591 g/mol. The molecule has 5 atom stereocenters. The number of hydrogen-bond donors (Lipinski definition) is 10. The van der Waals surface area contributed by atoms with Crippen molar-refractivity contribution in [1.82, 2.24) is 26.3 Å². The van der Waals surface area contributed by atoms with Gasteiger partial charge in [0, 0.05) is 23.5 Å². The van der Waals surface area contributed by atoms with Crippen LogP contribution in [0.2, 0.25) is 0 Å². The summed E-state index contributed by atoms with van der Waals surface area (Å²) in [4.78, 5) is 89.0. The number of nitrogens with one attached hydrogen (secondary N) is 5. The Morgan fingerprint density at radius 3 is 1.76 bits per heavy atom. The standard InChI is InChI=1S/C25H34N8O9/c1-11(26)21(37)30-16(7-19(27)35)23(39)31-15(6-12-9-29-14-5-3-2-4-13(12)14)22(38)32-17(8-20(28)36)24(40)33-18(10-34)25(41)42/h2-5,9,11,15-18,29,34H,6-8,10,26H2,1H3,(H2,27,35)(H2,28,36)(H,30,37)(H,31,39)(H,32,38)(H,33,40)(H,41,42)/t11-,15+,16+,17+,18-/m1/s1. The van der Waals surface area contributed by atoms with Crippen LogP contribution in [0.25, 0.3) is 10.9 Å². The molecule has 1 aromatic heterocycles. The second-order valence-corrected chi connectivity index (χ2v) is 9.46. The lowest BCUT2D eigenvalue weighted by Crippen LogP contribution is -2.59. The lowest BCUT2D eigenvalue weighted by Gasteiger charge is -2.25. The number of carboxylic acids is 1. The predicted molar refractivity (Wildman–Crippen MR) is 146 cm³/mol. The maximum Gasteiger partial charge on any atom is 0.328 e. The third-order valence-electron chi connectivity index (χ3n) is 6.02. The number of rotatable bonds is 16. The number of carboxylic acid groups (broad SMARTS) is 1. The van der Waals surface area contributed by atoms with E-state index in [1.807, 2.05) is 5.32 Å². The van der Waals surface area contributed by atoms with Crippen molar-refractivity contribution in [2.75, 3.05) is 6.61 Å². The quantitative estimate of drug-likeness (QED) is 0.0899. The Bertz CT molecular complexity index is 1340. The molecule has 0 fully saturated rings. The van der Waals surface area contributed by atoms with Crippen LogP contribution < -0.4 is 38.5 Å². The molecule has 2 aromatic rings. The van der Waals surface area contributed by atoms with E-state index in [0.717, 1.165) is 0 Å². The Labute approximate surface area is 238 Å². The Kier molecular flexibility index (Phi) is 11.9. The molecule has 0 aliphatic carbocycles. The molecule has 0 spiro atoms. The van der Waals surface area contributed by atoms with E-state index in [0.29, 0.717) is 16.5 Å².